The van der Waals surface area contributed by atoms with E-state index in [0.717, 1.165) is 37.2 Å². The summed E-state index contributed by atoms with van der Waals surface area (Å²) < 4.78 is 11.8. The molecule has 1 radical (unpaired) electrons. The second-order valence-corrected chi connectivity index (χ2v) is 4.81. The molecule has 0 N–H and O–H groups in total. The van der Waals surface area contributed by atoms with Gasteiger partial charge in [0.25, 0.3) is 0 Å². The van der Waals surface area contributed by atoms with Gasteiger partial charge in [-0.25, -0.2) is 0 Å². The third-order valence-corrected chi connectivity index (χ3v) is 2.83. The lowest BCUT2D eigenvalue weighted by atomic mass is 10.2. The minimum absolute atomic E-state index is 0.217. The van der Waals surface area contributed by atoms with Crippen LogP contribution in [0.1, 0.15) is 53.4 Å². The molecule has 0 heterocycles. The minimum atomic E-state index is 0.217. The molecule has 0 saturated heterocycles. The van der Waals surface area contributed by atoms with Crippen LogP contribution in [-0.2, 0) is 0 Å². The topological polar surface area (TPSA) is 18.5 Å². The van der Waals surface area contributed by atoms with Crippen LogP contribution in [0.3, 0.4) is 0 Å². The highest BCUT2D eigenvalue weighted by atomic mass is 16.5. The van der Waals surface area contributed by atoms with Crippen molar-refractivity contribution < 1.29 is 9.47 Å². The van der Waals surface area contributed by atoms with Crippen LogP contribution >= 0.6 is 0 Å². The Bertz CT molecular complexity index is 303. The molecule has 0 aliphatic heterocycles. The first-order valence-corrected chi connectivity index (χ1v) is 7.00. The summed E-state index contributed by atoms with van der Waals surface area (Å²) in [7, 11) is 0. The zero-order valence-corrected chi connectivity index (χ0v) is 12.0. The van der Waals surface area contributed by atoms with Gasteiger partial charge in [0.15, 0.2) is 11.5 Å². The van der Waals surface area contributed by atoms with Gasteiger partial charge in [0, 0.05) is 0 Å². The van der Waals surface area contributed by atoms with Crippen molar-refractivity contribution in [3.05, 3.63) is 24.3 Å². The first-order chi connectivity index (χ1) is 8.67. The lowest BCUT2D eigenvalue weighted by Gasteiger charge is -2.19. The Balaban J connectivity index is 2.66. The molecule has 18 heavy (non-hydrogen) atoms. The highest BCUT2D eigenvalue weighted by Crippen LogP contribution is 2.29. The van der Waals surface area contributed by atoms with E-state index in [4.69, 9.17) is 9.47 Å². The molecule has 0 aliphatic rings. The maximum atomic E-state index is 5.92. The van der Waals surface area contributed by atoms with Crippen molar-refractivity contribution in [2.45, 2.75) is 65.6 Å². The Labute approximate surface area is 111 Å². The molecule has 0 amide bonds. The Morgan fingerprint density at radius 2 is 1.56 bits per heavy atom. The SMILES string of the molecule is CCCC(C)Oc1c[c]ccc1OC(C)CCC. The van der Waals surface area contributed by atoms with Gasteiger partial charge in [0.05, 0.1) is 12.2 Å². The Hall–Kier alpha value is -1.18. The second-order valence-electron chi connectivity index (χ2n) is 4.81. The van der Waals surface area contributed by atoms with E-state index in [1.807, 2.05) is 18.2 Å². The molecule has 2 heteroatoms. The van der Waals surface area contributed by atoms with E-state index in [1.54, 1.807) is 0 Å². The fourth-order valence-electron chi connectivity index (χ4n) is 1.95. The van der Waals surface area contributed by atoms with Crippen LogP contribution in [0.15, 0.2) is 18.2 Å². The summed E-state index contributed by atoms with van der Waals surface area (Å²) in [5.41, 5.74) is 0. The molecule has 0 fully saturated rings. The lowest BCUT2D eigenvalue weighted by Crippen LogP contribution is -2.15. The third-order valence-electron chi connectivity index (χ3n) is 2.83. The summed E-state index contributed by atoms with van der Waals surface area (Å²) in [5.74, 6) is 1.64. The molecule has 2 atom stereocenters. The molecule has 101 valence electrons. The molecule has 0 spiro atoms. The van der Waals surface area contributed by atoms with Crippen molar-refractivity contribution in [3.8, 4) is 11.5 Å². The van der Waals surface area contributed by atoms with E-state index >= 15 is 0 Å². The fourth-order valence-corrected chi connectivity index (χ4v) is 1.95. The van der Waals surface area contributed by atoms with Crippen LogP contribution in [0.4, 0.5) is 0 Å². The van der Waals surface area contributed by atoms with Crippen LogP contribution in [-0.4, -0.2) is 12.2 Å². The second kappa shape index (κ2) is 8.02. The molecule has 0 saturated carbocycles. The molecule has 1 aromatic rings. The number of hydrogen-bond donors (Lipinski definition) is 0. The smallest absolute Gasteiger partial charge is 0.162 e. The Kier molecular flexibility index (Phi) is 6.63. The minimum Gasteiger partial charge on any atom is -0.487 e. The number of benzene rings is 1. The molecule has 0 aromatic heterocycles. The first-order valence-electron chi connectivity index (χ1n) is 7.00. The average Bonchev–Trinajstić information content (AvgIpc) is 2.32. The number of ether oxygens (including phenoxy) is 2. The predicted octanol–water partition coefficient (Wildman–Crippen LogP) is 4.62. The van der Waals surface area contributed by atoms with E-state index in [9.17, 15) is 0 Å². The van der Waals surface area contributed by atoms with Gasteiger partial charge in [-0.1, -0.05) is 32.8 Å². The van der Waals surface area contributed by atoms with Gasteiger partial charge in [-0.15, -0.1) is 0 Å². The molecular weight excluding hydrogens is 224 g/mol. The van der Waals surface area contributed by atoms with Crippen molar-refractivity contribution >= 4 is 0 Å². The molecule has 2 unspecified atom stereocenters. The maximum Gasteiger partial charge on any atom is 0.162 e. The van der Waals surface area contributed by atoms with Crippen molar-refractivity contribution in [3.63, 3.8) is 0 Å². The van der Waals surface area contributed by atoms with E-state index in [2.05, 4.69) is 33.8 Å². The summed E-state index contributed by atoms with van der Waals surface area (Å²) in [6.07, 6.45) is 4.81. The largest absolute Gasteiger partial charge is 0.487 e. The quantitative estimate of drug-likeness (QED) is 0.669. The first kappa shape index (κ1) is 14.9. The van der Waals surface area contributed by atoms with Crippen LogP contribution in [0.5, 0.6) is 11.5 Å². The van der Waals surface area contributed by atoms with Gasteiger partial charge in [0.1, 0.15) is 0 Å². The van der Waals surface area contributed by atoms with Gasteiger partial charge in [0.2, 0.25) is 0 Å². The molecule has 2 nitrogen and oxygen atoms in total. The summed E-state index contributed by atoms with van der Waals surface area (Å²) in [6, 6.07) is 8.71. The van der Waals surface area contributed by atoms with Crippen LogP contribution in [0, 0.1) is 6.07 Å². The highest BCUT2D eigenvalue weighted by Gasteiger charge is 2.11. The zero-order chi connectivity index (χ0) is 13.4. The Morgan fingerprint density at radius 1 is 1.00 bits per heavy atom. The van der Waals surface area contributed by atoms with Crippen molar-refractivity contribution in [2.24, 2.45) is 0 Å². The average molecular weight is 249 g/mol. The van der Waals surface area contributed by atoms with Crippen LogP contribution in [0.25, 0.3) is 0 Å². The van der Waals surface area contributed by atoms with Gasteiger partial charge >= 0.3 is 0 Å². The van der Waals surface area contributed by atoms with Crippen LogP contribution < -0.4 is 9.47 Å². The number of hydrogen-bond acceptors (Lipinski definition) is 2. The third kappa shape index (κ3) is 4.99. The molecular formula is C16H25O2. The summed E-state index contributed by atoms with van der Waals surface area (Å²) >= 11 is 0. The summed E-state index contributed by atoms with van der Waals surface area (Å²) in [4.78, 5) is 0. The van der Waals surface area contributed by atoms with Crippen molar-refractivity contribution in [2.75, 3.05) is 0 Å². The van der Waals surface area contributed by atoms with E-state index < -0.39 is 0 Å². The maximum absolute atomic E-state index is 5.92. The van der Waals surface area contributed by atoms with Gasteiger partial charge in [-0.3, -0.25) is 0 Å². The molecule has 0 aliphatic carbocycles. The molecule has 1 rings (SSSR count). The summed E-state index contributed by atoms with van der Waals surface area (Å²) in [6.45, 7) is 8.52. The lowest BCUT2D eigenvalue weighted by molar-refractivity contribution is 0.170. The van der Waals surface area contributed by atoms with Crippen molar-refractivity contribution in [1.82, 2.24) is 0 Å². The highest BCUT2D eigenvalue weighted by molar-refractivity contribution is 5.39. The number of rotatable bonds is 8. The van der Waals surface area contributed by atoms with Gasteiger partial charge in [-0.05, 0) is 44.9 Å². The van der Waals surface area contributed by atoms with Gasteiger partial charge < -0.3 is 9.47 Å². The zero-order valence-electron chi connectivity index (χ0n) is 12.0. The Morgan fingerprint density at radius 3 is 2.11 bits per heavy atom. The molecule has 1 aromatic carbocycles. The fraction of sp³-hybridized carbons (Fsp3) is 0.625. The van der Waals surface area contributed by atoms with Gasteiger partial charge in [-0.2, -0.15) is 0 Å². The standard InChI is InChI=1S/C16H25O2/c1-5-9-13(3)17-15-11-7-8-12-16(15)18-14(4)10-6-2/h7,11-14H,5-6,9-10H2,1-4H3. The van der Waals surface area contributed by atoms with Crippen LogP contribution in [0.2, 0.25) is 0 Å². The summed E-state index contributed by atoms with van der Waals surface area (Å²) in [5, 5.41) is 0. The molecule has 0 bridgehead atoms. The predicted molar refractivity (Wildman–Crippen MR) is 75.3 cm³/mol. The van der Waals surface area contributed by atoms with E-state index in [1.165, 1.54) is 0 Å². The normalized spacial score (nSPS) is 14.0. The monoisotopic (exact) mass is 249 g/mol. The van der Waals surface area contributed by atoms with E-state index in [-0.39, 0.29) is 12.2 Å². The van der Waals surface area contributed by atoms with Crippen molar-refractivity contribution in [1.29, 1.82) is 0 Å². The van der Waals surface area contributed by atoms with E-state index in [0.29, 0.717) is 0 Å².